The Labute approximate surface area is 336 Å². The van der Waals surface area contributed by atoms with Crippen molar-refractivity contribution in [1.82, 2.24) is 0 Å². The van der Waals surface area contributed by atoms with Crippen molar-refractivity contribution in [3.05, 3.63) is 36.5 Å². The fourth-order valence-corrected chi connectivity index (χ4v) is 6.86. The van der Waals surface area contributed by atoms with Crippen LogP contribution in [-0.2, 0) is 19.1 Å². The van der Waals surface area contributed by atoms with E-state index in [-0.39, 0.29) is 25.2 Å². The summed E-state index contributed by atoms with van der Waals surface area (Å²) in [6.45, 7) is 4.15. The van der Waals surface area contributed by atoms with Crippen LogP contribution in [0.1, 0.15) is 245 Å². The lowest BCUT2D eigenvalue weighted by atomic mass is 10.0. The van der Waals surface area contributed by atoms with E-state index in [1.165, 1.54) is 167 Å². The Morgan fingerprint density at radius 3 is 1.11 bits per heavy atom. The van der Waals surface area contributed by atoms with E-state index in [0.717, 1.165) is 51.4 Å². The Morgan fingerprint density at radius 2 is 0.741 bits per heavy atom. The second kappa shape index (κ2) is 45.5. The molecule has 5 heteroatoms. The monoisotopic (exact) mass is 759 g/mol. The largest absolute Gasteiger partial charge is 0.462 e. The van der Waals surface area contributed by atoms with Crippen LogP contribution in [0.2, 0.25) is 0 Å². The topological polar surface area (TPSA) is 72.8 Å². The van der Waals surface area contributed by atoms with Crippen molar-refractivity contribution in [2.75, 3.05) is 13.2 Å². The lowest BCUT2D eigenvalue weighted by Crippen LogP contribution is -2.28. The minimum atomic E-state index is -0.771. The van der Waals surface area contributed by atoms with E-state index in [1.807, 2.05) is 0 Å². The Bertz CT molecular complexity index is 862. The molecule has 0 saturated carbocycles. The van der Waals surface area contributed by atoms with Gasteiger partial charge < -0.3 is 14.6 Å². The molecule has 0 radical (unpaired) electrons. The van der Waals surface area contributed by atoms with Gasteiger partial charge in [0, 0.05) is 12.8 Å². The van der Waals surface area contributed by atoms with Crippen LogP contribution in [0.5, 0.6) is 0 Å². The highest BCUT2D eigenvalue weighted by Gasteiger charge is 2.16. The van der Waals surface area contributed by atoms with Gasteiger partial charge in [0.1, 0.15) is 6.61 Å². The second-order valence-electron chi connectivity index (χ2n) is 15.8. The smallest absolute Gasteiger partial charge is 0.306 e. The Morgan fingerprint density at radius 1 is 0.426 bits per heavy atom. The lowest BCUT2D eigenvalue weighted by Gasteiger charge is -2.15. The second-order valence-corrected chi connectivity index (χ2v) is 15.8. The average Bonchev–Trinajstić information content (AvgIpc) is 3.17. The third-order valence-electron chi connectivity index (χ3n) is 10.4. The minimum absolute atomic E-state index is 0.0637. The van der Waals surface area contributed by atoms with Crippen LogP contribution < -0.4 is 0 Å². The molecule has 0 aromatic carbocycles. The van der Waals surface area contributed by atoms with Crippen LogP contribution in [0.4, 0.5) is 0 Å². The van der Waals surface area contributed by atoms with Crippen molar-refractivity contribution in [2.24, 2.45) is 0 Å². The number of rotatable bonds is 43. The van der Waals surface area contributed by atoms with Crippen LogP contribution in [-0.4, -0.2) is 36.4 Å². The van der Waals surface area contributed by atoms with Gasteiger partial charge in [0.2, 0.25) is 0 Å². The van der Waals surface area contributed by atoms with Gasteiger partial charge in [0.05, 0.1) is 6.61 Å². The maximum atomic E-state index is 12.2. The molecular formula is C49H90O5. The number of aliphatic hydroxyl groups excluding tert-OH is 1. The summed E-state index contributed by atoms with van der Waals surface area (Å²) in [6, 6.07) is 0. The fraction of sp³-hybridized carbons (Fsp3) is 0.837. The Hall–Kier alpha value is -1.88. The average molecular weight is 759 g/mol. The quantitative estimate of drug-likeness (QED) is 0.0381. The molecule has 54 heavy (non-hydrogen) atoms. The molecule has 0 bridgehead atoms. The van der Waals surface area contributed by atoms with Crippen LogP contribution in [0.3, 0.4) is 0 Å². The van der Waals surface area contributed by atoms with Crippen molar-refractivity contribution in [3.8, 4) is 0 Å². The first-order valence-electron chi connectivity index (χ1n) is 23.5. The molecule has 0 heterocycles. The number of carbonyl (C=O) groups is 2. The molecule has 0 aliphatic carbocycles. The van der Waals surface area contributed by atoms with Gasteiger partial charge in [-0.25, -0.2) is 0 Å². The summed E-state index contributed by atoms with van der Waals surface area (Å²) < 4.78 is 10.7. The summed E-state index contributed by atoms with van der Waals surface area (Å²) in [7, 11) is 0. The number of ether oxygens (including phenoxy) is 2. The highest BCUT2D eigenvalue weighted by atomic mass is 16.6. The summed E-state index contributed by atoms with van der Waals surface area (Å²) in [5.74, 6) is -0.585. The van der Waals surface area contributed by atoms with Gasteiger partial charge in [-0.15, -0.1) is 0 Å². The van der Waals surface area contributed by atoms with Gasteiger partial charge >= 0.3 is 11.9 Å². The van der Waals surface area contributed by atoms with Crippen LogP contribution in [0.25, 0.3) is 0 Å². The molecule has 1 unspecified atom stereocenters. The molecule has 0 rings (SSSR count). The third kappa shape index (κ3) is 42.9. The molecule has 5 nitrogen and oxygen atoms in total. The van der Waals surface area contributed by atoms with Gasteiger partial charge in [-0.2, -0.15) is 0 Å². The predicted octanol–water partition coefficient (Wildman–Crippen LogP) is 15.2. The van der Waals surface area contributed by atoms with Crippen LogP contribution >= 0.6 is 0 Å². The van der Waals surface area contributed by atoms with E-state index in [1.54, 1.807) is 0 Å². The first-order chi connectivity index (χ1) is 26.6. The highest BCUT2D eigenvalue weighted by Crippen LogP contribution is 2.15. The van der Waals surface area contributed by atoms with E-state index < -0.39 is 6.10 Å². The highest BCUT2D eigenvalue weighted by molar-refractivity contribution is 5.70. The molecule has 1 N–H and O–H groups in total. The van der Waals surface area contributed by atoms with E-state index in [2.05, 4.69) is 50.3 Å². The summed E-state index contributed by atoms with van der Waals surface area (Å²) in [4.78, 5) is 24.4. The van der Waals surface area contributed by atoms with Gasteiger partial charge in [-0.3, -0.25) is 9.59 Å². The zero-order chi connectivity index (χ0) is 39.3. The number of esters is 2. The number of aliphatic hydroxyl groups is 1. The molecule has 0 aliphatic rings. The van der Waals surface area contributed by atoms with Crippen LogP contribution in [0, 0.1) is 0 Å². The van der Waals surface area contributed by atoms with Gasteiger partial charge in [0.25, 0.3) is 0 Å². The SMILES string of the molecule is CCCCCCC/C=C\C/C=C\C/C=C\CCCCCCCCCCCCC(=O)OC(CO)COC(=O)CCCCCCCCCCCCCCCCC. The van der Waals surface area contributed by atoms with E-state index in [0.29, 0.717) is 12.8 Å². The molecule has 0 aromatic heterocycles. The summed E-state index contributed by atoms with van der Waals surface area (Å²) in [5, 5.41) is 9.60. The van der Waals surface area contributed by atoms with E-state index >= 15 is 0 Å². The Kier molecular flexibility index (Phi) is 43.9. The van der Waals surface area contributed by atoms with Crippen molar-refractivity contribution in [3.63, 3.8) is 0 Å². The molecular weight excluding hydrogens is 669 g/mol. The molecule has 316 valence electrons. The first-order valence-corrected chi connectivity index (χ1v) is 23.5. The standard InChI is InChI=1S/C49H90O5/c1-3-5-7-9-11-13-15-17-19-20-21-22-23-24-25-26-27-28-30-32-34-36-38-40-42-44-49(52)54-47(45-50)46-53-48(51)43-41-39-37-35-33-31-29-18-16-14-12-10-8-6-4-2/h15,17,20-21,23-24,47,50H,3-14,16,18-19,22,25-46H2,1-2H3/b17-15-,21-20-,24-23-. The predicted molar refractivity (Wildman–Crippen MR) is 233 cm³/mol. The van der Waals surface area contributed by atoms with Crippen molar-refractivity contribution < 1.29 is 24.2 Å². The molecule has 0 amide bonds. The Balaban J connectivity index is 3.51. The van der Waals surface area contributed by atoms with Crippen molar-refractivity contribution >= 4 is 11.9 Å². The maximum absolute atomic E-state index is 12.2. The molecule has 0 fully saturated rings. The number of hydrogen-bond donors (Lipinski definition) is 1. The maximum Gasteiger partial charge on any atom is 0.306 e. The zero-order valence-electron chi connectivity index (χ0n) is 36.0. The molecule has 0 spiro atoms. The third-order valence-corrected chi connectivity index (χ3v) is 10.4. The van der Waals surface area contributed by atoms with E-state index in [9.17, 15) is 14.7 Å². The summed E-state index contributed by atoms with van der Waals surface area (Å²) in [6.07, 6.45) is 56.5. The van der Waals surface area contributed by atoms with Crippen LogP contribution in [0.15, 0.2) is 36.5 Å². The first kappa shape index (κ1) is 52.1. The fourth-order valence-electron chi connectivity index (χ4n) is 6.86. The number of hydrogen-bond acceptors (Lipinski definition) is 5. The number of unbranched alkanes of at least 4 members (excludes halogenated alkanes) is 29. The van der Waals surface area contributed by atoms with E-state index in [4.69, 9.17) is 9.47 Å². The normalized spacial score (nSPS) is 12.4. The summed E-state index contributed by atoms with van der Waals surface area (Å²) in [5.41, 5.74) is 0. The van der Waals surface area contributed by atoms with Crippen molar-refractivity contribution in [2.45, 2.75) is 251 Å². The molecule has 0 saturated heterocycles. The summed E-state index contributed by atoms with van der Waals surface area (Å²) >= 11 is 0. The minimum Gasteiger partial charge on any atom is -0.462 e. The molecule has 0 aromatic rings. The van der Waals surface area contributed by atoms with Crippen molar-refractivity contribution in [1.29, 1.82) is 0 Å². The van der Waals surface area contributed by atoms with Gasteiger partial charge in [0.15, 0.2) is 6.10 Å². The molecule has 1 atom stereocenters. The number of allylic oxidation sites excluding steroid dienone is 6. The van der Waals surface area contributed by atoms with Gasteiger partial charge in [-0.05, 0) is 51.4 Å². The molecule has 0 aliphatic heterocycles. The number of carbonyl (C=O) groups excluding carboxylic acids is 2. The van der Waals surface area contributed by atoms with Gasteiger partial charge in [-0.1, -0.05) is 217 Å². The zero-order valence-corrected chi connectivity index (χ0v) is 36.0. The lowest BCUT2D eigenvalue weighted by molar-refractivity contribution is -0.161.